The van der Waals surface area contributed by atoms with Crippen molar-refractivity contribution in [2.45, 2.75) is 31.9 Å². The smallest absolute Gasteiger partial charge is 0.319 e. The van der Waals surface area contributed by atoms with Gasteiger partial charge in [0.15, 0.2) is 6.23 Å². The summed E-state index contributed by atoms with van der Waals surface area (Å²) in [6.07, 6.45) is 0.0738. The summed E-state index contributed by atoms with van der Waals surface area (Å²) in [5.41, 5.74) is 1.33. The number of ether oxygens (including phenoxy) is 1. The number of hydrogen-bond donors (Lipinski definition) is 0. The van der Waals surface area contributed by atoms with Gasteiger partial charge in [-0.25, -0.2) is 0 Å². The lowest BCUT2D eigenvalue weighted by Crippen LogP contribution is -2.49. The number of likely N-dealkylation sites (N-methyl/N-ethyl adjacent to an activating group) is 1. The maximum atomic E-state index is 12.4. The van der Waals surface area contributed by atoms with Crippen LogP contribution >= 0.6 is 0 Å². The highest BCUT2D eigenvalue weighted by atomic mass is 16.6. The monoisotopic (exact) mass is 271 g/mol. The Morgan fingerprint density at radius 3 is 2.70 bits per heavy atom. The zero-order valence-corrected chi connectivity index (χ0v) is 11.8. The summed E-state index contributed by atoms with van der Waals surface area (Å²) in [6, 6.07) is 8.03. The number of carbonyl (C=O) groups is 2. The number of para-hydroxylation sites is 1. The fourth-order valence-corrected chi connectivity index (χ4v) is 4.69. The Balaban J connectivity index is 2.08. The number of hydrogen-bond acceptors (Lipinski definition) is 4. The standard InChI is InChI=1S/C16H17NO3/c1-15(2)8-11(18)12-13(19)20-14-16(12,15)9-6-4-5-7-10(9)17(14)3/h4-7,12,14H,8H2,1-3H3/t12-,14-,16-/m0/s1. The normalized spacial score (nSPS) is 36.6. The van der Waals surface area contributed by atoms with Crippen LogP contribution in [0.3, 0.4) is 0 Å². The molecule has 0 radical (unpaired) electrons. The van der Waals surface area contributed by atoms with Gasteiger partial charge in [-0.15, -0.1) is 0 Å². The highest BCUT2D eigenvalue weighted by Crippen LogP contribution is 2.66. The second-order valence-electron chi connectivity index (χ2n) is 6.75. The molecule has 1 saturated heterocycles. The molecule has 1 aromatic carbocycles. The van der Waals surface area contributed by atoms with Gasteiger partial charge in [0.05, 0.1) is 5.41 Å². The topological polar surface area (TPSA) is 46.6 Å². The number of carbonyl (C=O) groups excluding carboxylic acids is 2. The van der Waals surface area contributed by atoms with Gasteiger partial charge in [0.1, 0.15) is 11.7 Å². The summed E-state index contributed by atoms with van der Waals surface area (Å²) < 4.78 is 5.61. The molecule has 4 nitrogen and oxygen atoms in total. The van der Waals surface area contributed by atoms with Crippen LogP contribution in [0.5, 0.6) is 0 Å². The Kier molecular flexibility index (Phi) is 1.94. The molecule has 0 N–H and O–H groups in total. The quantitative estimate of drug-likeness (QED) is 0.534. The molecule has 0 bridgehead atoms. The summed E-state index contributed by atoms with van der Waals surface area (Å²) in [7, 11) is 1.94. The minimum Gasteiger partial charge on any atom is -0.440 e. The first-order valence-electron chi connectivity index (χ1n) is 6.97. The number of Topliss-reactive ketones (excluding diaryl/α,β-unsaturated/α-hetero) is 1. The van der Waals surface area contributed by atoms with E-state index in [1.54, 1.807) is 0 Å². The molecule has 0 amide bonds. The molecule has 1 spiro atoms. The fraction of sp³-hybridized carbons (Fsp3) is 0.500. The van der Waals surface area contributed by atoms with E-state index in [9.17, 15) is 9.59 Å². The van der Waals surface area contributed by atoms with E-state index in [0.717, 1.165) is 11.3 Å². The maximum absolute atomic E-state index is 12.4. The molecule has 2 heterocycles. The molecular weight excluding hydrogens is 254 g/mol. The molecule has 0 aromatic heterocycles. The van der Waals surface area contributed by atoms with Crippen LogP contribution in [0.25, 0.3) is 0 Å². The molecule has 3 aliphatic rings. The van der Waals surface area contributed by atoms with Gasteiger partial charge >= 0.3 is 5.97 Å². The zero-order valence-electron chi connectivity index (χ0n) is 11.8. The highest BCUT2D eigenvalue weighted by Gasteiger charge is 2.75. The predicted molar refractivity (Wildman–Crippen MR) is 73.3 cm³/mol. The largest absolute Gasteiger partial charge is 0.440 e. The van der Waals surface area contributed by atoms with Crippen molar-refractivity contribution in [2.75, 3.05) is 11.9 Å². The van der Waals surface area contributed by atoms with Crippen molar-refractivity contribution in [3.63, 3.8) is 0 Å². The first kappa shape index (κ1) is 11.9. The molecule has 3 atom stereocenters. The molecular formula is C16H17NO3. The van der Waals surface area contributed by atoms with E-state index < -0.39 is 11.3 Å². The van der Waals surface area contributed by atoms with Crippen molar-refractivity contribution in [1.29, 1.82) is 0 Å². The maximum Gasteiger partial charge on any atom is 0.319 e. The van der Waals surface area contributed by atoms with E-state index in [-0.39, 0.29) is 23.4 Å². The van der Waals surface area contributed by atoms with E-state index in [1.165, 1.54) is 0 Å². The summed E-state index contributed by atoms with van der Waals surface area (Å²) in [6.45, 7) is 4.16. The van der Waals surface area contributed by atoms with Crippen molar-refractivity contribution < 1.29 is 14.3 Å². The lowest BCUT2D eigenvalue weighted by molar-refractivity contribution is -0.146. The number of anilines is 1. The summed E-state index contributed by atoms with van der Waals surface area (Å²) in [5, 5.41) is 0. The van der Waals surface area contributed by atoms with Gasteiger partial charge in [-0.3, -0.25) is 9.59 Å². The zero-order chi connectivity index (χ0) is 14.3. The van der Waals surface area contributed by atoms with E-state index in [1.807, 2.05) is 36.2 Å². The minimum atomic E-state index is -0.645. The molecule has 2 aliphatic heterocycles. The predicted octanol–water partition coefficient (Wildman–Crippen LogP) is 1.87. The van der Waals surface area contributed by atoms with Crippen molar-refractivity contribution >= 4 is 17.4 Å². The van der Waals surface area contributed by atoms with Crippen LogP contribution in [0.2, 0.25) is 0 Å². The van der Waals surface area contributed by atoms with Gasteiger partial charge in [0, 0.05) is 19.2 Å². The molecule has 4 rings (SSSR count). The van der Waals surface area contributed by atoms with Crippen molar-refractivity contribution in [3.8, 4) is 0 Å². The van der Waals surface area contributed by atoms with E-state index in [4.69, 9.17) is 4.74 Å². The van der Waals surface area contributed by atoms with E-state index >= 15 is 0 Å². The van der Waals surface area contributed by atoms with Gasteiger partial charge < -0.3 is 9.64 Å². The molecule has 2 fully saturated rings. The fourth-order valence-electron chi connectivity index (χ4n) is 4.69. The number of nitrogens with zero attached hydrogens (tertiary/aromatic N) is 1. The Hall–Kier alpha value is -1.84. The van der Waals surface area contributed by atoms with Crippen LogP contribution in [-0.4, -0.2) is 25.0 Å². The first-order chi connectivity index (χ1) is 9.41. The Morgan fingerprint density at radius 2 is 1.95 bits per heavy atom. The van der Waals surface area contributed by atoms with Crippen LogP contribution in [0.4, 0.5) is 5.69 Å². The highest BCUT2D eigenvalue weighted by molar-refractivity contribution is 6.06. The Bertz CT molecular complexity index is 651. The van der Waals surface area contributed by atoms with Crippen LogP contribution < -0.4 is 4.90 Å². The third-order valence-corrected chi connectivity index (χ3v) is 5.45. The van der Waals surface area contributed by atoms with Gasteiger partial charge in [-0.2, -0.15) is 0 Å². The molecule has 0 unspecified atom stereocenters. The summed E-state index contributed by atoms with van der Waals surface area (Å²) >= 11 is 0. The van der Waals surface area contributed by atoms with Crippen LogP contribution in [-0.2, 0) is 19.7 Å². The van der Waals surface area contributed by atoms with Crippen LogP contribution in [0.15, 0.2) is 24.3 Å². The molecule has 104 valence electrons. The van der Waals surface area contributed by atoms with Gasteiger partial charge in [0.25, 0.3) is 0 Å². The van der Waals surface area contributed by atoms with Gasteiger partial charge in [0.2, 0.25) is 0 Å². The lowest BCUT2D eigenvalue weighted by atomic mass is 9.61. The molecule has 1 aromatic rings. The van der Waals surface area contributed by atoms with Crippen molar-refractivity contribution in [1.82, 2.24) is 0 Å². The van der Waals surface area contributed by atoms with Gasteiger partial charge in [-0.1, -0.05) is 32.0 Å². The second-order valence-corrected chi connectivity index (χ2v) is 6.75. The third kappa shape index (κ3) is 0.993. The number of rotatable bonds is 0. The molecule has 1 saturated carbocycles. The number of fused-ring (bicyclic) bond motifs is 1. The molecule has 20 heavy (non-hydrogen) atoms. The second kappa shape index (κ2) is 3.25. The van der Waals surface area contributed by atoms with Crippen molar-refractivity contribution in [2.24, 2.45) is 11.3 Å². The number of benzene rings is 1. The van der Waals surface area contributed by atoms with Crippen LogP contribution in [0, 0.1) is 11.3 Å². The Labute approximate surface area is 117 Å². The van der Waals surface area contributed by atoms with E-state index in [2.05, 4.69) is 13.8 Å². The SMILES string of the molecule is CN1c2ccccc2[C@@]23[C@@H](C(=O)CC2(C)C)C(=O)O[C@H]13. The average molecular weight is 271 g/mol. The molecule has 1 aliphatic carbocycles. The minimum absolute atomic E-state index is 0.0209. The molecule has 4 heteroatoms. The Morgan fingerprint density at radius 1 is 1.25 bits per heavy atom. The average Bonchev–Trinajstić information content (AvgIpc) is 2.90. The van der Waals surface area contributed by atoms with Crippen LogP contribution in [0.1, 0.15) is 25.8 Å². The lowest BCUT2D eigenvalue weighted by Gasteiger charge is -2.39. The van der Waals surface area contributed by atoms with Crippen molar-refractivity contribution in [3.05, 3.63) is 29.8 Å². The number of esters is 1. The summed E-state index contributed by atoms with van der Waals surface area (Å²) in [5.74, 6) is -0.979. The first-order valence-corrected chi connectivity index (χ1v) is 6.97. The van der Waals surface area contributed by atoms with E-state index in [0.29, 0.717) is 6.42 Å². The number of ketones is 1. The summed E-state index contributed by atoms with van der Waals surface area (Å²) in [4.78, 5) is 26.7. The van der Waals surface area contributed by atoms with Gasteiger partial charge in [-0.05, 0) is 17.0 Å². The third-order valence-electron chi connectivity index (χ3n) is 5.45.